The lowest BCUT2D eigenvalue weighted by atomic mass is 10.1. The van der Waals surface area contributed by atoms with Crippen molar-refractivity contribution < 1.29 is 9.47 Å². The van der Waals surface area contributed by atoms with Crippen LogP contribution in [-0.4, -0.2) is 24.0 Å². The zero-order valence-electron chi connectivity index (χ0n) is 15.0. The third kappa shape index (κ3) is 1.83. The molecule has 0 saturated heterocycles. The first kappa shape index (κ1) is 14.4. The third-order valence-corrected chi connectivity index (χ3v) is 6.90. The molecule has 1 fully saturated rings. The maximum absolute atomic E-state index is 6.39. The number of benzene rings is 2. The van der Waals surface area contributed by atoms with Gasteiger partial charge in [0.2, 0.25) is 0 Å². The van der Waals surface area contributed by atoms with Gasteiger partial charge in [-0.25, -0.2) is 9.98 Å². The summed E-state index contributed by atoms with van der Waals surface area (Å²) in [5.74, 6) is 1.75. The van der Waals surface area contributed by atoms with Gasteiger partial charge in [0.15, 0.2) is 11.8 Å². The van der Waals surface area contributed by atoms with Crippen molar-refractivity contribution in [2.75, 3.05) is 0 Å². The minimum Gasteiger partial charge on any atom is -0.474 e. The largest absolute Gasteiger partial charge is 0.474 e. The van der Waals surface area contributed by atoms with E-state index >= 15 is 0 Å². The van der Waals surface area contributed by atoms with E-state index in [2.05, 4.69) is 48.5 Å². The molecule has 0 radical (unpaired) electrons. The van der Waals surface area contributed by atoms with Gasteiger partial charge in [-0.1, -0.05) is 48.5 Å². The predicted molar refractivity (Wildman–Crippen MR) is 102 cm³/mol. The molecular weight excluding hydrogens is 336 g/mol. The minimum atomic E-state index is -0.196. The summed E-state index contributed by atoms with van der Waals surface area (Å²) in [5, 5.41) is 0. The Morgan fingerprint density at radius 1 is 0.704 bits per heavy atom. The van der Waals surface area contributed by atoms with Crippen molar-refractivity contribution in [3.05, 3.63) is 70.8 Å². The molecule has 2 aromatic carbocycles. The van der Waals surface area contributed by atoms with Crippen LogP contribution in [0.25, 0.3) is 0 Å². The van der Waals surface area contributed by atoms with E-state index in [0.717, 1.165) is 37.5 Å². The van der Waals surface area contributed by atoms with Crippen LogP contribution in [0.3, 0.4) is 0 Å². The average Bonchev–Trinajstić information content (AvgIpc) is 2.99. The summed E-state index contributed by atoms with van der Waals surface area (Å²) in [6, 6.07) is 17.5. The van der Waals surface area contributed by atoms with Crippen molar-refractivity contribution in [3.8, 4) is 0 Å². The van der Waals surface area contributed by atoms with Crippen LogP contribution >= 0.6 is 0 Å². The lowest BCUT2D eigenvalue weighted by Gasteiger charge is -2.18. The van der Waals surface area contributed by atoms with E-state index in [4.69, 9.17) is 19.5 Å². The van der Waals surface area contributed by atoms with Gasteiger partial charge in [-0.2, -0.15) is 0 Å². The van der Waals surface area contributed by atoms with E-state index in [-0.39, 0.29) is 29.7 Å². The van der Waals surface area contributed by atoms with E-state index in [1.54, 1.807) is 0 Å². The molecule has 4 atom stereocenters. The molecule has 0 bridgehead atoms. The fraction of sp³-hybridized carbons (Fsp3) is 0.391. The van der Waals surface area contributed by atoms with Crippen LogP contribution in [-0.2, 0) is 22.3 Å². The lowest BCUT2D eigenvalue weighted by Crippen LogP contribution is -2.30. The van der Waals surface area contributed by atoms with Crippen LogP contribution in [0.5, 0.6) is 0 Å². The van der Waals surface area contributed by atoms with E-state index < -0.39 is 0 Å². The molecule has 5 aliphatic rings. The Labute approximate surface area is 157 Å². The Morgan fingerprint density at radius 3 is 1.67 bits per heavy atom. The zero-order valence-corrected chi connectivity index (χ0v) is 15.0. The highest BCUT2D eigenvalue weighted by atomic mass is 16.5. The maximum atomic E-state index is 6.39. The molecule has 0 aromatic heterocycles. The standard InChI is InChI=1S/C23H20N2O2/c1-3-7-15-13(5-1)11-17-19(15)24-21(26-17)23(9-10-23)22-25-20-16-8-4-2-6-14(16)12-18(20)27-22/h1-8,17-20H,9-12H2. The summed E-state index contributed by atoms with van der Waals surface area (Å²) in [4.78, 5) is 10.1. The number of fused-ring (bicyclic) bond motifs is 6. The summed E-state index contributed by atoms with van der Waals surface area (Å²) in [6.45, 7) is 0. The fourth-order valence-electron chi connectivity index (χ4n) is 5.31. The van der Waals surface area contributed by atoms with Crippen LogP contribution in [0.1, 0.15) is 47.2 Å². The number of hydrogen-bond acceptors (Lipinski definition) is 4. The SMILES string of the molecule is c1ccc2c(c1)CC1OC(C3(C4=NC5c6ccccc6CC5O4)CC3)=NC21. The molecule has 1 saturated carbocycles. The molecule has 27 heavy (non-hydrogen) atoms. The second-order valence-corrected chi connectivity index (χ2v) is 8.46. The molecule has 4 nitrogen and oxygen atoms in total. The zero-order chi connectivity index (χ0) is 17.6. The van der Waals surface area contributed by atoms with Gasteiger partial charge in [-0.15, -0.1) is 0 Å². The first-order chi connectivity index (χ1) is 13.3. The van der Waals surface area contributed by atoms with Crippen molar-refractivity contribution >= 4 is 11.8 Å². The van der Waals surface area contributed by atoms with Crippen molar-refractivity contribution in [2.24, 2.45) is 15.4 Å². The topological polar surface area (TPSA) is 43.2 Å². The Bertz CT molecular complexity index is 957. The Hall–Kier alpha value is -2.62. The molecule has 0 spiro atoms. The molecule has 0 N–H and O–H groups in total. The van der Waals surface area contributed by atoms with Crippen molar-refractivity contribution in [2.45, 2.75) is 50.0 Å². The highest BCUT2D eigenvalue weighted by Gasteiger charge is 2.61. The second-order valence-electron chi connectivity index (χ2n) is 8.46. The first-order valence-corrected chi connectivity index (χ1v) is 9.97. The van der Waals surface area contributed by atoms with Crippen LogP contribution in [0.4, 0.5) is 0 Å². The van der Waals surface area contributed by atoms with Gasteiger partial charge < -0.3 is 9.47 Å². The van der Waals surface area contributed by atoms with E-state index in [0.29, 0.717) is 0 Å². The van der Waals surface area contributed by atoms with Crippen LogP contribution in [0, 0.1) is 5.41 Å². The van der Waals surface area contributed by atoms with Crippen LogP contribution in [0.15, 0.2) is 58.5 Å². The molecule has 7 rings (SSSR count). The summed E-state index contributed by atoms with van der Waals surface area (Å²) in [7, 11) is 0. The third-order valence-electron chi connectivity index (χ3n) is 6.90. The van der Waals surface area contributed by atoms with Gasteiger partial charge in [0.25, 0.3) is 0 Å². The van der Waals surface area contributed by atoms with E-state index in [1.807, 2.05) is 0 Å². The van der Waals surface area contributed by atoms with Crippen molar-refractivity contribution in [1.82, 2.24) is 0 Å². The van der Waals surface area contributed by atoms with E-state index in [1.165, 1.54) is 22.3 Å². The molecule has 3 aliphatic carbocycles. The first-order valence-electron chi connectivity index (χ1n) is 9.97. The van der Waals surface area contributed by atoms with Crippen molar-refractivity contribution in [1.29, 1.82) is 0 Å². The molecule has 2 heterocycles. The fourth-order valence-corrected chi connectivity index (χ4v) is 5.31. The molecule has 0 amide bonds. The quantitative estimate of drug-likeness (QED) is 0.818. The second kappa shape index (κ2) is 4.80. The molecular formula is C23H20N2O2. The molecule has 2 aromatic rings. The van der Waals surface area contributed by atoms with Crippen molar-refractivity contribution in [3.63, 3.8) is 0 Å². The van der Waals surface area contributed by atoms with Gasteiger partial charge in [0.1, 0.15) is 29.7 Å². The molecule has 134 valence electrons. The highest BCUT2D eigenvalue weighted by molar-refractivity contribution is 6.09. The normalized spacial score (nSPS) is 33.2. The predicted octanol–water partition coefficient (Wildman–Crippen LogP) is 3.96. The Balaban J connectivity index is 1.23. The molecule has 2 aliphatic heterocycles. The van der Waals surface area contributed by atoms with E-state index in [9.17, 15) is 0 Å². The summed E-state index contributed by atoms with van der Waals surface area (Å²) < 4.78 is 12.8. The summed E-state index contributed by atoms with van der Waals surface area (Å²) >= 11 is 0. The highest BCUT2D eigenvalue weighted by Crippen LogP contribution is 2.56. The summed E-state index contributed by atoms with van der Waals surface area (Å²) in [5.41, 5.74) is 5.21. The number of ether oxygens (including phenoxy) is 2. The van der Waals surface area contributed by atoms with Crippen LogP contribution < -0.4 is 0 Å². The maximum Gasteiger partial charge on any atom is 0.200 e. The summed E-state index contributed by atoms with van der Waals surface area (Å²) in [6.07, 6.45) is 4.28. The van der Waals surface area contributed by atoms with Gasteiger partial charge in [0, 0.05) is 12.8 Å². The lowest BCUT2D eigenvalue weighted by molar-refractivity contribution is 0.179. The Kier molecular flexibility index (Phi) is 2.57. The van der Waals surface area contributed by atoms with Gasteiger partial charge in [-0.3, -0.25) is 0 Å². The smallest absolute Gasteiger partial charge is 0.200 e. The number of rotatable bonds is 2. The number of nitrogens with zero attached hydrogens (tertiary/aromatic N) is 2. The molecule has 4 unspecified atom stereocenters. The average molecular weight is 356 g/mol. The van der Waals surface area contributed by atoms with Gasteiger partial charge in [-0.05, 0) is 35.1 Å². The monoisotopic (exact) mass is 356 g/mol. The van der Waals surface area contributed by atoms with Crippen LogP contribution in [0.2, 0.25) is 0 Å². The van der Waals surface area contributed by atoms with Gasteiger partial charge in [0.05, 0.1) is 0 Å². The number of hydrogen-bond donors (Lipinski definition) is 0. The Morgan fingerprint density at radius 2 is 1.19 bits per heavy atom. The molecule has 4 heteroatoms. The number of aliphatic imine (C=N–C) groups is 2. The minimum absolute atomic E-state index is 0.149. The van der Waals surface area contributed by atoms with Gasteiger partial charge >= 0.3 is 0 Å².